The summed E-state index contributed by atoms with van der Waals surface area (Å²) >= 11 is 0. The minimum atomic E-state index is -0.259. The molecule has 0 saturated heterocycles. The van der Waals surface area contributed by atoms with Gasteiger partial charge in [0.15, 0.2) is 0 Å². The molecule has 0 aliphatic carbocycles. The van der Waals surface area contributed by atoms with Crippen molar-refractivity contribution < 1.29 is 4.79 Å². The van der Waals surface area contributed by atoms with Crippen LogP contribution in [0.25, 0.3) is 0 Å². The zero-order chi connectivity index (χ0) is 18.5. The number of hydrogen-bond donors (Lipinski definition) is 1. The highest BCUT2D eigenvalue weighted by Crippen LogP contribution is 2.23. The number of rotatable bonds is 6. The van der Waals surface area contributed by atoms with Crippen LogP contribution < -0.4 is 5.32 Å². The minimum Gasteiger partial charge on any atom is -0.341 e. The zero-order valence-electron chi connectivity index (χ0n) is 15.4. The van der Waals surface area contributed by atoms with Gasteiger partial charge in [0.05, 0.1) is 17.8 Å². The Kier molecular flexibility index (Phi) is 5.46. The third-order valence-electron chi connectivity index (χ3n) is 4.49. The van der Waals surface area contributed by atoms with Gasteiger partial charge in [-0.2, -0.15) is 5.10 Å². The van der Waals surface area contributed by atoms with E-state index in [2.05, 4.69) is 34.5 Å². The molecule has 5 nitrogen and oxygen atoms in total. The lowest BCUT2D eigenvalue weighted by atomic mass is 9.98. The summed E-state index contributed by atoms with van der Waals surface area (Å²) in [7, 11) is 0. The molecule has 0 aliphatic rings. The van der Waals surface area contributed by atoms with Gasteiger partial charge in [-0.15, -0.1) is 0 Å². The number of benzene rings is 1. The molecule has 2 heterocycles. The van der Waals surface area contributed by atoms with Gasteiger partial charge in [-0.25, -0.2) is 0 Å². The van der Waals surface area contributed by atoms with Gasteiger partial charge in [-0.3, -0.25) is 14.5 Å². The highest BCUT2D eigenvalue weighted by Gasteiger charge is 2.21. The van der Waals surface area contributed by atoms with Crippen molar-refractivity contribution in [2.45, 2.75) is 39.8 Å². The molecule has 26 heavy (non-hydrogen) atoms. The van der Waals surface area contributed by atoms with Gasteiger partial charge in [0.2, 0.25) is 0 Å². The van der Waals surface area contributed by atoms with Crippen LogP contribution in [0.2, 0.25) is 0 Å². The Bertz CT molecular complexity index is 869. The molecule has 1 aromatic carbocycles. The predicted octanol–water partition coefficient (Wildman–Crippen LogP) is 3.82. The molecule has 0 fully saturated rings. The lowest BCUT2D eigenvalue weighted by Crippen LogP contribution is -2.29. The molecule has 3 aromatic rings. The van der Waals surface area contributed by atoms with Gasteiger partial charge in [-0.05, 0) is 37.5 Å². The molecule has 1 atom stereocenters. The number of nitrogens with one attached hydrogen (secondary N) is 1. The molecule has 0 aliphatic heterocycles. The number of amides is 1. The first-order chi connectivity index (χ1) is 12.6. The van der Waals surface area contributed by atoms with Gasteiger partial charge < -0.3 is 5.32 Å². The van der Waals surface area contributed by atoms with Crippen LogP contribution in [0.5, 0.6) is 0 Å². The van der Waals surface area contributed by atoms with E-state index in [1.54, 1.807) is 18.6 Å². The molecular weight excluding hydrogens is 324 g/mol. The van der Waals surface area contributed by atoms with Gasteiger partial charge in [0.25, 0.3) is 5.91 Å². The summed E-state index contributed by atoms with van der Waals surface area (Å²) in [5.74, 6) is -0.126. The first-order valence-corrected chi connectivity index (χ1v) is 8.90. The van der Waals surface area contributed by atoms with Crippen LogP contribution in [-0.4, -0.2) is 20.7 Å². The van der Waals surface area contributed by atoms with E-state index in [-0.39, 0.29) is 11.9 Å². The van der Waals surface area contributed by atoms with Crippen LogP contribution in [0.1, 0.15) is 52.1 Å². The molecule has 0 saturated carbocycles. The second-order valence-electron chi connectivity index (χ2n) is 6.47. The molecule has 1 N–H and O–H groups in total. The summed E-state index contributed by atoms with van der Waals surface area (Å²) in [6.45, 7) is 6.88. The average Bonchev–Trinajstić information content (AvgIpc) is 3.02. The van der Waals surface area contributed by atoms with E-state index in [9.17, 15) is 4.79 Å². The van der Waals surface area contributed by atoms with Crippen molar-refractivity contribution in [1.29, 1.82) is 0 Å². The Balaban J connectivity index is 1.91. The highest BCUT2D eigenvalue weighted by molar-refractivity contribution is 5.95. The molecule has 0 spiro atoms. The van der Waals surface area contributed by atoms with E-state index in [1.165, 1.54) is 5.56 Å². The summed E-state index contributed by atoms with van der Waals surface area (Å²) in [5, 5.41) is 7.48. The number of carbonyl (C=O) groups is 1. The minimum absolute atomic E-state index is 0.126. The normalized spacial score (nSPS) is 12.0. The predicted molar refractivity (Wildman–Crippen MR) is 102 cm³/mol. The van der Waals surface area contributed by atoms with Crippen molar-refractivity contribution in [3.05, 3.63) is 82.9 Å². The standard InChI is InChI=1S/C21H24N4O/c1-4-12-25-16(3)19(14-23-25)21(26)24-20(18-6-5-11-22-13-18)17-9-7-15(2)8-10-17/h5-11,13-14,20H,4,12H2,1-3H3,(H,24,26)/t20-/m0/s1. The van der Waals surface area contributed by atoms with Crippen LogP contribution in [0.15, 0.2) is 55.0 Å². The third kappa shape index (κ3) is 3.82. The lowest BCUT2D eigenvalue weighted by Gasteiger charge is -2.19. The van der Waals surface area contributed by atoms with Crippen molar-refractivity contribution in [2.24, 2.45) is 0 Å². The van der Waals surface area contributed by atoms with E-state index in [0.29, 0.717) is 5.56 Å². The maximum Gasteiger partial charge on any atom is 0.255 e. The fraction of sp³-hybridized carbons (Fsp3) is 0.286. The Hall–Kier alpha value is -2.95. The summed E-state index contributed by atoms with van der Waals surface area (Å²) in [6.07, 6.45) is 6.15. The van der Waals surface area contributed by atoms with Crippen LogP contribution in [0.3, 0.4) is 0 Å². The van der Waals surface area contributed by atoms with E-state index >= 15 is 0 Å². The zero-order valence-corrected chi connectivity index (χ0v) is 15.4. The van der Waals surface area contributed by atoms with Crippen molar-refractivity contribution in [2.75, 3.05) is 0 Å². The molecule has 0 bridgehead atoms. The largest absolute Gasteiger partial charge is 0.341 e. The first-order valence-electron chi connectivity index (χ1n) is 8.90. The van der Waals surface area contributed by atoms with Crippen molar-refractivity contribution in [3.63, 3.8) is 0 Å². The number of aromatic nitrogens is 3. The molecular formula is C21H24N4O. The molecule has 3 rings (SSSR count). The van der Waals surface area contributed by atoms with Crippen molar-refractivity contribution >= 4 is 5.91 Å². The molecule has 0 radical (unpaired) electrons. The molecule has 134 valence electrons. The Morgan fingerprint density at radius 3 is 2.54 bits per heavy atom. The van der Waals surface area contributed by atoms with Gasteiger partial charge in [0.1, 0.15) is 0 Å². The third-order valence-corrected chi connectivity index (χ3v) is 4.49. The van der Waals surface area contributed by atoms with E-state index < -0.39 is 0 Å². The summed E-state index contributed by atoms with van der Waals surface area (Å²) in [4.78, 5) is 17.1. The van der Waals surface area contributed by atoms with Crippen molar-refractivity contribution in [3.8, 4) is 0 Å². The molecule has 2 aromatic heterocycles. The average molecular weight is 348 g/mol. The highest BCUT2D eigenvalue weighted by atomic mass is 16.1. The maximum atomic E-state index is 12.9. The molecule has 0 unspecified atom stereocenters. The van der Waals surface area contributed by atoms with Gasteiger partial charge in [-0.1, -0.05) is 42.8 Å². The van der Waals surface area contributed by atoms with Crippen LogP contribution in [0.4, 0.5) is 0 Å². The summed E-state index contributed by atoms with van der Waals surface area (Å²) in [6, 6.07) is 11.8. The number of nitrogens with zero attached hydrogens (tertiary/aromatic N) is 3. The fourth-order valence-corrected chi connectivity index (χ4v) is 2.98. The van der Waals surface area contributed by atoms with E-state index in [4.69, 9.17) is 0 Å². The van der Waals surface area contributed by atoms with E-state index in [1.807, 2.05) is 42.8 Å². The van der Waals surface area contributed by atoms with Gasteiger partial charge >= 0.3 is 0 Å². The fourth-order valence-electron chi connectivity index (χ4n) is 2.98. The topological polar surface area (TPSA) is 59.8 Å². The smallest absolute Gasteiger partial charge is 0.255 e. The summed E-state index contributed by atoms with van der Waals surface area (Å²) < 4.78 is 1.87. The SMILES string of the molecule is CCCn1ncc(C(=O)N[C@@H](c2ccc(C)cc2)c2cccnc2)c1C. The van der Waals surface area contributed by atoms with Crippen LogP contribution in [0, 0.1) is 13.8 Å². The maximum absolute atomic E-state index is 12.9. The monoisotopic (exact) mass is 348 g/mol. The van der Waals surface area contributed by atoms with Crippen LogP contribution >= 0.6 is 0 Å². The number of hydrogen-bond acceptors (Lipinski definition) is 3. The quantitative estimate of drug-likeness (QED) is 0.736. The molecule has 5 heteroatoms. The number of pyridine rings is 1. The number of carbonyl (C=O) groups excluding carboxylic acids is 1. The summed E-state index contributed by atoms with van der Waals surface area (Å²) in [5.41, 5.74) is 4.65. The second kappa shape index (κ2) is 7.95. The van der Waals surface area contributed by atoms with Crippen LogP contribution in [-0.2, 0) is 6.54 Å². The lowest BCUT2D eigenvalue weighted by molar-refractivity contribution is 0.0942. The Morgan fingerprint density at radius 1 is 1.12 bits per heavy atom. The van der Waals surface area contributed by atoms with E-state index in [0.717, 1.165) is 29.8 Å². The first kappa shape index (κ1) is 17.9. The van der Waals surface area contributed by atoms with Crippen molar-refractivity contribution in [1.82, 2.24) is 20.1 Å². The second-order valence-corrected chi connectivity index (χ2v) is 6.47. The molecule has 1 amide bonds. The number of aryl methyl sites for hydroxylation is 2. The Morgan fingerprint density at radius 2 is 1.88 bits per heavy atom. The Labute approximate surface area is 154 Å². The van der Waals surface area contributed by atoms with Gasteiger partial charge in [0, 0.05) is 24.6 Å².